The maximum absolute atomic E-state index is 13.4. The number of halogens is 1. The van der Waals surface area contributed by atoms with Crippen molar-refractivity contribution in [2.24, 2.45) is 5.73 Å². The number of amides is 2. The van der Waals surface area contributed by atoms with Crippen LogP contribution in [0, 0.1) is 5.82 Å². The van der Waals surface area contributed by atoms with Gasteiger partial charge in [0, 0.05) is 30.4 Å². The van der Waals surface area contributed by atoms with E-state index >= 15 is 0 Å². The monoisotopic (exact) mass is 490 g/mol. The van der Waals surface area contributed by atoms with Crippen molar-refractivity contribution in [1.29, 1.82) is 0 Å². The van der Waals surface area contributed by atoms with E-state index in [4.69, 9.17) is 10.5 Å². The van der Waals surface area contributed by atoms with Crippen LogP contribution < -0.4 is 21.3 Å². The van der Waals surface area contributed by atoms with Crippen LogP contribution in [0.25, 0.3) is 11.1 Å². The van der Waals surface area contributed by atoms with E-state index < -0.39 is 11.7 Å². The molecule has 0 saturated carbocycles. The number of carbonyl (C=O) groups is 2. The number of ether oxygens (including phenoxy) is 1. The molecule has 4 rings (SSSR count). The van der Waals surface area contributed by atoms with Crippen molar-refractivity contribution in [2.45, 2.75) is 38.8 Å². The molecule has 36 heavy (non-hydrogen) atoms. The van der Waals surface area contributed by atoms with Crippen LogP contribution in [0.4, 0.5) is 26.2 Å². The van der Waals surface area contributed by atoms with Gasteiger partial charge in [-0.25, -0.2) is 9.18 Å². The van der Waals surface area contributed by atoms with Crippen LogP contribution in [-0.4, -0.2) is 36.7 Å². The number of rotatable bonds is 5. The summed E-state index contributed by atoms with van der Waals surface area (Å²) in [5.41, 5.74) is 9.11. The van der Waals surface area contributed by atoms with Crippen LogP contribution in [0.1, 0.15) is 37.6 Å². The summed E-state index contributed by atoms with van der Waals surface area (Å²) in [6.45, 7) is 7.00. The Morgan fingerprint density at radius 1 is 0.944 bits per heavy atom. The number of benzene rings is 3. The Kier molecular flexibility index (Phi) is 7.26. The quantitative estimate of drug-likeness (QED) is 0.431. The first-order valence-electron chi connectivity index (χ1n) is 11.9. The second-order valence-electron chi connectivity index (χ2n) is 9.89. The van der Waals surface area contributed by atoms with Gasteiger partial charge in [-0.1, -0.05) is 18.2 Å². The molecule has 1 saturated heterocycles. The van der Waals surface area contributed by atoms with Crippen molar-refractivity contribution >= 4 is 29.1 Å². The number of nitrogens with zero attached hydrogens (tertiary/aromatic N) is 1. The zero-order valence-corrected chi connectivity index (χ0v) is 20.7. The van der Waals surface area contributed by atoms with Crippen LogP contribution >= 0.6 is 0 Å². The fraction of sp³-hybridized carbons (Fsp3) is 0.286. The maximum Gasteiger partial charge on any atom is 0.412 e. The summed E-state index contributed by atoms with van der Waals surface area (Å²) in [5, 5.41) is 5.60. The first kappa shape index (κ1) is 25.2. The van der Waals surface area contributed by atoms with E-state index in [2.05, 4.69) is 15.5 Å². The minimum absolute atomic E-state index is 0.164. The van der Waals surface area contributed by atoms with Crippen LogP contribution in [0.2, 0.25) is 0 Å². The third kappa shape index (κ3) is 6.40. The van der Waals surface area contributed by atoms with Gasteiger partial charge >= 0.3 is 6.09 Å². The van der Waals surface area contributed by atoms with Crippen LogP contribution in [0.5, 0.6) is 0 Å². The molecule has 7 nitrogen and oxygen atoms in total. The first-order valence-corrected chi connectivity index (χ1v) is 11.9. The maximum atomic E-state index is 13.4. The van der Waals surface area contributed by atoms with Crippen molar-refractivity contribution in [3.63, 3.8) is 0 Å². The van der Waals surface area contributed by atoms with Gasteiger partial charge in [0.25, 0.3) is 5.91 Å². The highest BCUT2D eigenvalue weighted by atomic mass is 19.1. The number of nitrogens with two attached hydrogens (primary N) is 1. The van der Waals surface area contributed by atoms with Crippen LogP contribution in [-0.2, 0) is 4.74 Å². The lowest BCUT2D eigenvalue weighted by Gasteiger charge is -2.21. The van der Waals surface area contributed by atoms with Gasteiger partial charge in [-0.15, -0.1) is 0 Å². The Hall–Kier alpha value is -3.91. The molecule has 0 aromatic heterocycles. The Morgan fingerprint density at radius 2 is 1.61 bits per heavy atom. The van der Waals surface area contributed by atoms with Gasteiger partial charge in [-0.05, 0) is 86.8 Å². The summed E-state index contributed by atoms with van der Waals surface area (Å²) in [6.07, 6.45) is 0.306. The summed E-state index contributed by atoms with van der Waals surface area (Å²) in [7, 11) is 0. The van der Waals surface area contributed by atoms with Gasteiger partial charge in [0.2, 0.25) is 0 Å². The highest BCUT2D eigenvalue weighted by molar-refractivity contribution is 6.07. The lowest BCUT2D eigenvalue weighted by molar-refractivity contribution is 0.0635. The highest BCUT2D eigenvalue weighted by Crippen LogP contribution is 2.30. The molecule has 2 amide bonds. The minimum Gasteiger partial charge on any atom is -0.444 e. The Balaban J connectivity index is 1.58. The molecule has 188 valence electrons. The van der Waals surface area contributed by atoms with E-state index in [1.165, 1.54) is 12.1 Å². The van der Waals surface area contributed by atoms with Crippen molar-refractivity contribution < 1.29 is 18.7 Å². The summed E-state index contributed by atoms with van der Waals surface area (Å²) in [6, 6.07) is 18.7. The number of hydrogen-bond donors (Lipinski definition) is 3. The largest absolute Gasteiger partial charge is 0.444 e. The summed E-state index contributed by atoms with van der Waals surface area (Å²) < 4.78 is 18.8. The summed E-state index contributed by atoms with van der Waals surface area (Å²) in [4.78, 5) is 27.7. The molecule has 1 fully saturated rings. The molecule has 0 radical (unpaired) electrons. The second-order valence-corrected chi connectivity index (χ2v) is 9.89. The Bertz CT molecular complexity index is 1240. The first-order chi connectivity index (χ1) is 17.1. The molecular weight excluding hydrogens is 459 g/mol. The highest BCUT2D eigenvalue weighted by Gasteiger charge is 2.21. The van der Waals surface area contributed by atoms with Gasteiger partial charge in [0.1, 0.15) is 11.4 Å². The minimum atomic E-state index is -0.678. The number of hydrogen-bond acceptors (Lipinski definition) is 5. The molecule has 4 N–H and O–H groups in total. The number of anilines is 3. The lowest BCUT2D eigenvalue weighted by atomic mass is 10.0. The molecule has 1 aliphatic rings. The molecule has 0 unspecified atom stereocenters. The lowest BCUT2D eigenvalue weighted by Crippen LogP contribution is -2.27. The van der Waals surface area contributed by atoms with E-state index in [9.17, 15) is 14.0 Å². The zero-order valence-electron chi connectivity index (χ0n) is 20.7. The smallest absolute Gasteiger partial charge is 0.412 e. The molecule has 0 bridgehead atoms. The average Bonchev–Trinajstić information content (AvgIpc) is 3.26. The summed E-state index contributed by atoms with van der Waals surface area (Å²) >= 11 is 0. The standard InChI is InChI=1S/C28H31FN4O3/c1-28(2,3)36-27(35)32-24-13-8-20(18-4-9-21(29)10-5-18)16-25(24)31-26(34)19-6-11-23(12-7-19)33-15-14-22(30)17-33/h4-13,16,22H,14-15,17,30H2,1-3H3,(H,31,34)(H,32,35)/t22-/m1/s1. The molecule has 1 heterocycles. The van der Waals surface area contributed by atoms with Crippen LogP contribution in [0.3, 0.4) is 0 Å². The third-order valence-corrected chi connectivity index (χ3v) is 5.80. The fourth-order valence-electron chi connectivity index (χ4n) is 4.03. The molecule has 3 aromatic carbocycles. The third-order valence-electron chi connectivity index (χ3n) is 5.80. The van der Waals surface area contributed by atoms with E-state index in [1.54, 1.807) is 63.2 Å². The average molecular weight is 491 g/mol. The van der Waals surface area contributed by atoms with E-state index in [-0.39, 0.29) is 17.8 Å². The Labute approximate surface area is 210 Å². The number of nitrogens with one attached hydrogen (secondary N) is 2. The predicted octanol–water partition coefficient (Wildman–Crippen LogP) is 5.63. The molecule has 1 aliphatic heterocycles. The van der Waals surface area contributed by atoms with Crippen molar-refractivity contribution in [3.8, 4) is 11.1 Å². The SMILES string of the molecule is CC(C)(C)OC(=O)Nc1ccc(-c2ccc(F)cc2)cc1NC(=O)c1ccc(N2CC[C@@H](N)C2)cc1. The second kappa shape index (κ2) is 10.4. The normalized spacial score (nSPS) is 15.5. The molecule has 0 spiro atoms. The van der Waals surface area contributed by atoms with Crippen molar-refractivity contribution in [2.75, 3.05) is 28.6 Å². The van der Waals surface area contributed by atoms with E-state index in [0.29, 0.717) is 16.9 Å². The number of carbonyl (C=O) groups excluding carboxylic acids is 2. The van der Waals surface area contributed by atoms with Gasteiger partial charge < -0.3 is 20.7 Å². The van der Waals surface area contributed by atoms with Gasteiger partial charge in [0.15, 0.2) is 0 Å². The molecular formula is C28H31FN4O3. The van der Waals surface area contributed by atoms with Gasteiger partial charge in [-0.2, -0.15) is 0 Å². The molecule has 3 aromatic rings. The Morgan fingerprint density at radius 3 is 2.22 bits per heavy atom. The van der Waals surface area contributed by atoms with Gasteiger partial charge in [0.05, 0.1) is 11.4 Å². The van der Waals surface area contributed by atoms with Crippen LogP contribution in [0.15, 0.2) is 66.7 Å². The zero-order chi connectivity index (χ0) is 25.9. The summed E-state index contributed by atoms with van der Waals surface area (Å²) in [5.74, 6) is -0.669. The molecule has 1 atom stereocenters. The molecule has 0 aliphatic carbocycles. The van der Waals surface area contributed by atoms with E-state index in [1.807, 2.05) is 12.1 Å². The fourth-order valence-corrected chi connectivity index (χ4v) is 4.03. The van der Waals surface area contributed by atoms with Crippen molar-refractivity contribution in [1.82, 2.24) is 0 Å². The van der Waals surface area contributed by atoms with Gasteiger partial charge in [-0.3, -0.25) is 10.1 Å². The molecule has 8 heteroatoms. The van der Waals surface area contributed by atoms with Crippen molar-refractivity contribution in [3.05, 3.63) is 78.1 Å². The van der Waals surface area contributed by atoms with E-state index in [0.717, 1.165) is 36.3 Å². The topological polar surface area (TPSA) is 96.7 Å². The predicted molar refractivity (Wildman–Crippen MR) is 141 cm³/mol.